The lowest BCUT2D eigenvalue weighted by atomic mass is 10.1. The molecule has 0 N–H and O–H groups in total. The minimum absolute atomic E-state index is 0.154. The summed E-state index contributed by atoms with van der Waals surface area (Å²) in [5, 5.41) is 0. The van der Waals surface area contributed by atoms with Crippen LogP contribution in [0.25, 0.3) is 0 Å². The van der Waals surface area contributed by atoms with Crippen LogP contribution in [0.5, 0.6) is 11.5 Å². The number of rotatable bonds is 5. The van der Waals surface area contributed by atoms with Crippen LogP contribution < -0.4 is 9.47 Å². The van der Waals surface area contributed by atoms with Gasteiger partial charge in [-0.2, -0.15) is 0 Å². The number of carbonyl (C=O) groups excluding carboxylic acids is 1. The van der Waals surface area contributed by atoms with Crippen molar-refractivity contribution in [3.63, 3.8) is 0 Å². The Labute approximate surface area is 95.1 Å². The highest BCUT2D eigenvalue weighted by atomic mass is 16.5. The van der Waals surface area contributed by atoms with E-state index in [4.69, 9.17) is 14.2 Å². The molecule has 0 heterocycles. The summed E-state index contributed by atoms with van der Waals surface area (Å²) in [5.41, 5.74) is 0.714. The van der Waals surface area contributed by atoms with E-state index in [1.165, 1.54) is 0 Å². The summed E-state index contributed by atoms with van der Waals surface area (Å²) in [4.78, 5) is 11.4. The molecule has 0 aromatic heterocycles. The SMILES string of the molecule is CCOC(=O)Cc1c(OC)cccc1OC. The maximum Gasteiger partial charge on any atom is 0.310 e. The number of hydrogen-bond donors (Lipinski definition) is 0. The monoisotopic (exact) mass is 224 g/mol. The minimum Gasteiger partial charge on any atom is -0.496 e. The molecule has 0 aliphatic carbocycles. The molecular formula is C12H16O4. The summed E-state index contributed by atoms with van der Waals surface area (Å²) in [7, 11) is 3.12. The standard InChI is InChI=1S/C12H16O4/c1-4-16-12(13)8-9-10(14-2)6-5-7-11(9)15-3/h5-7H,4,8H2,1-3H3. The van der Waals surface area contributed by atoms with Gasteiger partial charge in [0.1, 0.15) is 11.5 Å². The molecular weight excluding hydrogens is 208 g/mol. The van der Waals surface area contributed by atoms with Crippen LogP contribution in [-0.2, 0) is 16.0 Å². The van der Waals surface area contributed by atoms with Gasteiger partial charge >= 0.3 is 5.97 Å². The highest BCUT2D eigenvalue weighted by Gasteiger charge is 2.14. The van der Waals surface area contributed by atoms with Crippen LogP contribution in [0, 0.1) is 0 Å². The van der Waals surface area contributed by atoms with Crippen molar-refractivity contribution >= 4 is 5.97 Å². The van der Waals surface area contributed by atoms with Crippen molar-refractivity contribution in [3.05, 3.63) is 23.8 Å². The Balaban J connectivity index is 2.95. The van der Waals surface area contributed by atoms with Crippen molar-refractivity contribution in [1.82, 2.24) is 0 Å². The van der Waals surface area contributed by atoms with E-state index in [1.807, 2.05) is 6.07 Å². The maximum absolute atomic E-state index is 11.4. The summed E-state index contributed by atoms with van der Waals surface area (Å²) in [6, 6.07) is 5.39. The van der Waals surface area contributed by atoms with Crippen LogP contribution in [0.1, 0.15) is 12.5 Å². The number of methoxy groups -OCH3 is 2. The van der Waals surface area contributed by atoms with E-state index in [9.17, 15) is 4.79 Å². The van der Waals surface area contributed by atoms with Crippen molar-refractivity contribution < 1.29 is 19.0 Å². The first kappa shape index (κ1) is 12.4. The van der Waals surface area contributed by atoms with Gasteiger partial charge in [0.25, 0.3) is 0 Å². The van der Waals surface area contributed by atoms with E-state index in [0.29, 0.717) is 23.7 Å². The molecule has 88 valence electrons. The molecule has 0 amide bonds. The highest BCUT2D eigenvalue weighted by Crippen LogP contribution is 2.28. The van der Waals surface area contributed by atoms with E-state index < -0.39 is 0 Å². The first-order valence-electron chi connectivity index (χ1n) is 5.08. The van der Waals surface area contributed by atoms with Crippen LogP contribution in [0.3, 0.4) is 0 Å². The lowest BCUT2D eigenvalue weighted by Crippen LogP contribution is -2.09. The molecule has 0 aliphatic rings. The zero-order valence-electron chi connectivity index (χ0n) is 9.78. The zero-order valence-corrected chi connectivity index (χ0v) is 9.78. The smallest absolute Gasteiger partial charge is 0.310 e. The van der Waals surface area contributed by atoms with Gasteiger partial charge in [-0.05, 0) is 19.1 Å². The molecule has 0 bridgehead atoms. The van der Waals surface area contributed by atoms with Gasteiger partial charge < -0.3 is 14.2 Å². The van der Waals surface area contributed by atoms with Crippen molar-refractivity contribution in [3.8, 4) is 11.5 Å². The maximum atomic E-state index is 11.4. The summed E-state index contributed by atoms with van der Waals surface area (Å²) >= 11 is 0. The third-order valence-corrected chi connectivity index (χ3v) is 2.16. The number of hydrogen-bond acceptors (Lipinski definition) is 4. The zero-order chi connectivity index (χ0) is 12.0. The lowest BCUT2D eigenvalue weighted by Gasteiger charge is -2.12. The van der Waals surface area contributed by atoms with Crippen molar-refractivity contribution in [2.75, 3.05) is 20.8 Å². The Bertz CT molecular complexity index is 338. The normalized spacial score (nSPS) is 9.69. The van der Waals surface area contributed by atoms with Gasteiger partial charge in [0.15, 0.2) is 0 Å². The Morgan fingerprint density at radius 3 is 2.19 bits per heavy atom. The van der Waals surface area contributed by atoms with Gasteiger partial charge in [-0.1, -0.05) is 6.07 Å². The van der Waals surface area contributed by atoms with Crippen LogP contribution in [0.4, 0.5) is 0 Å². The second kappa shape index (κ2) is 6.00. The third-order valence-electron chi connectivity index (χ3n) is 2.16. The van der Waals surface area contributed by atoms with Gasteiger partial charge in [0.05, 0.1) is 27.2 Å². The Kier molecular flexibility index (Phi) is 4.64. The topological polar surface area (TPSA) is 44.8 Å². The van der Waals surface area contributed by atoms with Crippen LogP contribution >= 0.6 is 0 Å². The molecule has 1 aromatic rings. The largest absolute Gasteiger partial charge is 0.496 e. The highest BCUT2D eigenvalue weighted by molar-refractivity contribution is 5.74. The Morgan fingerprint density at radius 1 is 1.19 bits per heavy atom. The first-order chi connectivity index (χ1) is 7.72. The van der Waals surface area contributed by atoms with Crippen LogP contribution in [-0.4, -0.2) is 26.8 Å². The first-order valence-corrected chi connectivity index (χ1v) is 5.08. The number of ether oxygens (including phenoxy) is 3. The average Bonchev–Trinajstić information content (AvgIpc) is 2.29. The lowest BCUT2D eigenvalue weighted by molar-refractivity contribution is -0.142. The predicted molar refractivity (Wildman–Crippen MR) is 59.9 cm³/mol. The Hall–Kier alpha value is -1.71. The second-order valence-corrected chi connectivity index (χ2v) is 3.12. The summed E-state index contributed by atoms with van der Waals surface area (Å²) < 4.78 is 15.3. The average molecular weight is 224 g/mol. The summed E-state index contributed by atoms with van der Waals surface area (Å²) in [6.07, 6.45) is 0.154. The summed E-state index contributed by atoms with van der Waals surface area (Å²) in [6.45, 7) is 2.15. The molecule has 4 nitrogen and oxygen atoms in total. The molecule has 1 rings (SSSR count). The van der Waals surface area contributed by atoms with Gasteiger partial charge in [-0.15, -0.1) is 0 Å². The van der Waals surface area contributed by atoms with E-state index in [2.05, 4.69) is 0 Å². The fraction of sp³-hybridized carbons (Fsp3) is 0.417. The second-order valence-electron chi connectivity index (χ2n) is 3.12. The van der Waals surface area contributed by atoms with Crippen molar-refractivity contribution in [2.24, 2.45) is 0 Å². The molecule has 0 saturated carbocycles. The van der Waals surface area contributed by atoms with E-state index in [1.54, 1.807) is 33.3 Å². The number of esters is 1. The number of carbonyl (C=O) groups is 1. The molecule has 4 heteroatoms. The van der Waals surface area contributed by atoms with Crippen molar-refractivity contribution in [2.45, 2.75) is 13.3 Å². The third kappa shape index (κ3) is 2.89. The molecule has 0 unspecified atom stereocenters. The van der Waals surface area contributed by atoms with Crippen LogP contribution in [0.2, 0.25) is 0 Å². The summed E-state index contributed by atoms with van der Waals surface area (Å²) in [5.74, 6) is 0.977. The molecule has 0 atom stereocenters. The van der Waals surface area contributed by atoms with Crippen LogP contribution in [0.15, 0.2) is 18.2 Å². The van der Waals surface area contributed by atoms with E-state index >= 15 is 0 Å². The molecule has 0 spiro atoms. The van der Waals surface area contributed by atoms with Gasteiger partial charge in [-0.3, -0.25) is 4.79 Å². The fourth-order valence-corrected chi connectivity index (χ4v) is 1.46. The molecule has 0 fully saturated rings. The molecule has 0 radical (unpaired) electrons. The Morgan fingerprint density at radius 2 is 1.75 bits per heavy atom. The fourth-order valence-electron chi connectivity index (χ4n) is 1.46. The van der Waals surface area contributed by atoms with Gasteiger partial charge in [0.2, 0.25) is 0 Å². The quantitative estimate of drug-likeness (QED) is 0.715. The van der Waals surface area contributed by atoms with Gasteiger partial charge in [0, 0.05) is 5.56 Å². The molecule has 16 heavy (non-hydrogen) atoms. The van der Waals surface area contributed by atoms with E-state index in [-0.39, 0.29) is 12.4 Å². The molecule has 0 aliphatic heterocycles. The van der Waals surface area contributed by atoms with Crippen molar-refractivity contribution in [1.29, 1.82) is 0 Å². The van der Waals surface area contributed by atoms with E-state index in [0.717, 1.165) is 0 Å². The molecule has 0 saturated heterocycles. The predicted octanol–water partition coefficient (Wildman–Crippen LogP) is 1.81. The number of benzene rings is 1. The van der Waals surface area contributed by atoms with Gasteiger partial charge in [-0.25, -0.2) is 0 Å². The molecule has 1 aromatic carbocycles. The minimum atomic E-state index is -0.287.